The highest BCUT2D eigenvalue weighted by Gasteiger charge is 2.44. The molecule has 1 aromatic carbocycles. The van der Waals surface area contributed by atoms with Gasteiger partial charge in [0.1, 0.15) is 11.6 Å². The lowest BCUT2D eigenvalue weighted by atomic mass is 9.90. The molecule has 118 valence electrons. The minimum absolute atomic E-state index is 0.207. The Morgan fingerprint density at radius 3 is 2.10 bits per heavy atom. The molecule has 0 aliphatic carbocycles. The first-order valence-electron chi connectivity index (χ1n) is 6.68. The van der Waals surface area contributed by atoms with Crippen molar-refractivity contribution in [2.45, 2.75) is 31.7 Å². The van der Waals surface area contributed by atoms with Gasteiger partial charge in [-0.3, -0.25) is 4.90 Å². The Morgan fingerprint density at radius 2 is 1.62 bits per heavy atom. The lowest BCUT2D eigenvalue weighted by Gasteiger charge is -2.34. The minimum Gasteiger partial charge on any atom is -0.383 e. The molecule has 0 spiro atoms. The van der Waals surface area contributed by atoms with Gasteiger partial charge in [-0.15, -0.1) is 0 Å². The SMILES string of the molecule is OC(C1CCN(Cc2cc(F)cc(F)c2)CC1)C(F)(F)F. The molecule has 2 nitrogen and oxygen atoms in total. The van der Waals surface area contributed by atoms with Crippen molar-refractivity contribution in [1.29, 1.82) is 0 Å². The molecule has 0 amide bonds. The molecule has 0 aromatic heterocycles. The topological polar surface area (TPSA) is 23.5 Å². The second-order valence-corrected chi connectivity index (χ2v) is 5.38. The average molecular weight is 309 g/mol. The molecule has 1 unspecified atom stereocenters. The lowest BCUT2D eigenvalue weighted by molar-refractivity contribution is -0.223. The summed E-state index contributed by atoms with van der Waals surface area (Å²) in [6.07, 6.45) is -6.48. The van der Waals surface area contributed by atoms with E-state index in [0.29, 0.717) is 18.7 Å². The maximum Gasteiger partial charge on any atom is 0.414 e. The monoisotopic (exact) mass is 309 g/mol. The number of halogens is 5. The van der Waals surface area contributed by atoms with Gasteiger partial charge in [-0.25, -0.2) is 8.78 Å². The quantitative estimate of drug-likeness (QED) is 0.867. The Kier molecular flexibility index (Phi) is 4.83. The Labute approximate surface area is 119 Å². The minimum atomic E-state index is -4.60. The molecule has 1 aliphatic heterocycles. The molecule has 1 N–H and O–H groups in total. The zero-order valence-corrected chi connectivity index (χ0v) is 11.2. The van der Waals surface area contributed by atoms with E-state index in [-0.39, 0.29) is 19.4 Å². The zero-order valence-electron chi connectivity index (χ0n) is 11.2. The van der Waals surface area contributed by atoms with Crippen molar-refractivity contribution in [2.24, 2.45) is 5.92 Å². The first-order valence-corrected chi connectivity index (χ1v) is 6.68. The third kappa shape index (κ3) is 4.38. The van der Waals surface area contributed by atoms with Crippen LogP contribution in [0.15, 0.2) is 18.2 Å². The molecule has 0 radical (unpaired) electrons. The molecule has 7 heteroatoms. The molecule has 1 atom stereocenters. The van der Waals surface area contributed by atoms with Gasteiger partial charge in [-0.05, 0) is 49.5 Å². The Hall–Kier alpha value is -1.21. The van der Waals surface area contributed by atoms with Crippen molar-refractivity contribution < 1.29 is 27.1 Å². The molecule has 2 rings (SSSR count). The van der Waals surface area contributed by atoms with Crippen LogP contribution in [0.25, 0.3) is 0 Å². The summed E-state index contributed by atoms with van der Waals surface area (Å²) in [5.74, 6) is -2.16. The summed E-state index contributed by atoms with van der Waals surface area (Å²) in [7, 11) is 0. The van der Waals surface area contributed by atoms with Crippen LogP contribution in [0.4, 0.5) is 22.0 Å². The maximum absolute atomic E-state index is 13.1. The van der Waals surface area contributed by atoms with Crippen molar-refractivity contribution in [3.8, 4) is 0 Å². The molecular formula is C14H16F5NO. The summed E-state index contributed by atoms with van der Waals surface area (Å²) >= 11 is 0. The van der Waals surface area contributed by atoms with Gasteiger partial charge < -0.3 is 5.11 Å². The standard InChI is InChI=1S/C14H16F5NO/c15-11-5-9(6-12(16)7-11)8-20-3-1-10(2-4-20)13(21)14(17,18)19/h5-7,10,13,21H,1-4,8H2. The van der Waals surface area contributed by atoms with E-state index in [1.54, 1.807) is 0 Å². The summed E-state index contributed by atoms with van der Waals surface area (Å²) in [4.78, 5) is 1.83. The highest BCUT2D eigenvalue weighted by atomic mass is 19.4. The number of hydrogen-bond donors (Lipinski definition) is 1. The number of aliphatic hydroxyl groups excluding tert-OH is 1. The average Bonchev–Trinajstić information content (AvgIpc) is 2.36. The number of piperidine rings is 1. The summed E-state index contributed by atoms with van der Waals surface area (Å²) in [6.45, 7) is 0.995. The first kappa shape index (κ1) is 16.2. The van der Waals surface area contributed by atoms with E-state index in [1.807, 2.05) is 4.90 Å². The predicted octanol–water partition coefficient (Wildman–Crippen LogP) is 3.10. The summed E-state index contributed by atoms with van der Waals surface area (Å²) in [6, 6.07) is 3.19. The summed E-state index contributed by atoms with van der Waals surface area (Å²) < 4.78 is 63.4. The van der Waals surface area contributed by atoms with Crippen LogP contribution in [0.1, 0.15) is 18.4 Å². The van der Waals surface area contributed by atoms with Gasteiger partial charge in [0.25, 0.3) is 0 Å². The van der Waals surface area contributed by atoms with E-state index in [0.717, 1.165) is 6.07 Å². The van der Waals surface area contributed by atoms with Gasteiger partial charge in [0.05, 0.1) is 0 Å². The highest BCUT2D eigenvalue weighted by molar-refractivity contribution is 5.17. The van der Waals surface area contributed by atoms with Crippen molar-refractivity contribution in [1.82, 2.24) is 4.90 Å². The van der Waals surface area contributed by atoms with Gasteiger partial charge in [0.2, 0.25) is 0 Å². The van der Waals surface area contributed by atoms with E-state index >= 15 is 0 Å². The molecule has 1 heterocycles. The van der Waals surface area contributed by atoms with Crippen LogP contribution >= 0.6 is 0 Å². The van der Waals surface area contributed by atoms with Crippen LogP contribution in [-0.2, 0) is 6.54 Å². The van der Waals surface area contributed by atoms with Crippen LogP contribution in [0, 0.1) is 17.6 Å². The van der Waals surface area contributed by atoms with E-state index in [2.05, 4.69) is 0 Å². The molecule has 0 saturated carbocycles. The maximum atomic E-state index is 13.1. The number of aliphatic hydroxyl groups is 1. The van der Waals surface area contributed by atoms with Crippen molar-refractivity contribution >= 4 is 0 Å². The van der Waals surface area contributed by atoms with Gasteiger partial charge in [0.15, 0.2) is 6.10 Å². The van der Waals surface area contributed by atoms with Crippen molar-refractivity contribution in [3.63, 3.8) is 0 Å². The Bertz CT molecular complexity index is 462. The van der Waals surface area contributed by atoms with E-state index in [9.17, 15) is 27.1 Å². The zero-order chi connectivity index (χ0) is 15.6. The number of hydrogen-bond acceptors (Lipinski definition) is 2. The molecule has 21 heavy (non-hydrogen) atoms. The number of rotatable bonds is 3. The second kappa shape index (κ2) is 6.27. The molecule has 1 saturated heterocycles. The summed E-state index contributed by atoms with van der Waals surface area (Å²) in [5.41, 5.74) is 0.447. The van der Waals surface area contributed by atoms with E-state index in [4.69, 9.17) is 0 Å². The van der Waals surface area contributed by atoms with Crippen LogP contribution in [0.3, 0.4) is 0 Å². The molecule has 1 aromatic rings. The van der Waals surface area contributed by atoms with Crippen LogP contribution in [-0.4, -0.2) is 35.4 Å². The Balaban J connectivity index is 1.89. The Morgan fingerprint density at radius 1 is 1.10 bits per heavy atom. The van der Waals surface area contributed by atoms with Crippen molar-refractivity contribution in [2.75, 3.05) is 13.1 Å². The van der Waals surface area contributed by atoms with Crippen molar-refractivity contribution in [3.05, 3.63) is 35.4 Å². The van der Waals surface area contributed by atoms with Crippen LogP contribution < -0.4 is 0 Å². The molecule has 1 aliphatic rings. The number of benzene rings is 1. The molecule has 1 fully saturated rings. The number of likely N-dealkylation sites (tertiary alicyclic amines) is 1. The van der Waals surface area contributed by atoms with E-state index in [1.165, 1.54) is 12.1 Å². The number of nitrogens with zero attached hydrogens (tertiary/aromatic N) is 1. The molecule has 0 bridgehead atoms. The van der Waals surface area contributed by atoms with Gasteiger partial charge in [-0.1, -0.05) is 0 Å². The molecular weight excluding hydrogens is 293 g/mol. The second-order valence-electron chi connectivity index (χ2n) is 5.38. The normalized spacial score (nSPS) is 19.7. The highest BCUT2D eigenvalue weighted by Crippen LogP contribution is 2.31. The van der Waals surface area contributed by atoms with Gasteiger partial charge in [0, 0.05) is 12.6 Å². The van der Waals surface area contributed by atoms with Crippen LogP contribution in [0.5, 0.6) is 0 Å². The summed E-state index contributed by atoms with van der Waals surface area (Å²) in [5, 5.41) is 9.22. The third-order valence-corrected chi connectivity index (χ3v) is 3.74. The fourth-order valence-electron chi connectivity index (χ4n) is 2.65. The fourth-order valence-corrected chi connectivity index (χ4v) is 2.65. The predicted molar refractivity (Wildman–Crippen MR) is 66.4 cm³/mol. The fraction of sp³-hybridized carbons (Fsp3) is 0.571. The largest absolute Gasteiger partial charge is 0.414 e. The third-order valence-electron chi connectivity index (χ3n) is 3.74. The smallest absolute Gasteiger partial charge is 0.383 e. The lowest BCUT2D eigenvalue weighted by Crippen LogP contribution is -2.43. The number of alkyl halides is 3. The van der Waals surface area contributed by atoms with E-state index < -0.39 is 29.8 Å². The van der Waals surface area contributed by atoms with Crippen LogP contribution in [0.2, 0.25) is 0 Å². The first-order chi connectivity index (χ1) is 9.75. The van der Waals surface area contributed by atoms with Gasteiger partial charge >= 0.3 is 6.18 Å². The van der Waals surface area contributed by atoms with Gasteiger partial charge in [-0.2, -0.15) is 13.2 Å².